The van der Waals surface area contributed by atoms with Crippen molar-refractivity contribution in [1.29, 1.82) is 0 Å². The summed E-state index contributed by atoms with van der Waals surface area (Å²) in [5.74, 6) is 1.85. The molecule has 0 saturated carbocycles. The lowest BCUT2D eigenvalue weighted by molar-refractivity contribution is -0.108. The molecule has 2 aromatic carbocycles. The van der Waals surface area contributed by atoms with E-state index in [0.29, 0.717) is 76.4 Å². The maximum atomic E-state index is 13.2. The molecule has 0 heterocycles. The van der Waals surface area contributed by atoms with Gasteiger partial charge in [-0.3, -0.25) is 14.4 Å². The first-order valence-corrected chi connectivity index (χ1v) is 15.5. The van der Waals surface area contributed by atoms with Gasteiger partial charge in [0.05, 0.1) is 31.1 Å². The van der Waals surface area contributed by atoms with Crippen LogP contribution in [0.5, 0.6) is 11.5 Å². The SMILES string of the molecule is C=C(C)C(=O)SCCOc1c(Br)cc(C(=O)c2cc(Br)c(OCCSC(=O)C(=C)C)c(Br)c2)cc1Br. The number of benzene rings is 2. The quantitative estimate of drug-likeness (QED) is 0.122. The molecule has 11 heteroatoms. The van der Waals surface area contributed by atoms with Crippen molar-refractivity contribution in [3.8, 4) is 11.5 Å². The number of hydrogen-bond acceptors (Lipinski definition) is 7. The van der Waals surface area contributed by atoms with Gasteiger partial charge in [0, 0.05) is 22.6 Å². The van der Waals surface area contributed by atoms with Gasteiger partial charge in [-0.05, 0) is 113 Å². The van der Waals surface area contributed by atoms with Crippen molar-refractivity contribution in [2.75, 3.05) is 24.7 Å². The van der Waals surface area contributed by atoms with Gasteiger partial charge in [-0.25, -0.2) is 0 Å². The standard InChI is InChI=1S/C25H22Br4O5S2/c1-13(2)24(31)35-7-5-33-22-17(26)9-15(10-18(22)27)21(30)16-11-19(28)23(20(29)12-16)34-6-8-36-25(32)14(3)4/h9-12H,1,3,5-8H2,2,4H3. The summed E-state index contributed by atoms with van der Waals surface area (Å²) in [5, 5.41) is -0.133. The number of carbonyl (C=O) groups is 3. The van der Waals surface area contributed by atoms with Crippen molar-refractivity contribution >= 4 is 103 Å². The van der Waals surface area contributed by atoms with E-state index in [-0.39, 0.29) is 16.0 Å². The average molecular weight is 786 g/mol. The fourth-order valence-corrected chi connectivity index (χ4v) is 6.65. The van der Waals surface area contributed by atoms with Gasteiger partial charge < -0.3 is 9.47 Å². The molecule has 0 amide bonds. The molecule has 0 radical (unpaired) electrons. The lowest BCUT2D eigenvalue weighted by Crippen LogP contribution is -2.07. The first-order valence-electron chi connectivity index (χ1n) is 10.4. The smallest absolute Gasteiger partial charge is 0.214 e. The Bertz CT molecular complexity index is 1080. The zero-order chi connectivity index (χ0) is 27.0. The maximum Gasteiger partial charge on any atom is 0.214 e. The molecule has 192 valence electrons. The molecule has 0 aliphatic rings. The van der Waals surface area contributed by atoms with Crippen molar-refractivity contribution in [3.05, 3.63) is 77.6 Å². The lowest BCUT2D eigenvalue weighted by atomic mass is 10.0. The van der Waals surface area contributed by atoms with Crippen molar-refractivity contribution in [3.63, 3.8) is 0 Å². The van der Waals surface area contributed by atoms with E-state index in [0.717, 1.165) is 23.5 Å². The predicted octanol–water partition coefficient (Wildman–Crippen LogP) is 8.40. The van der Waals surface area contributed by atoms with Crippen molar-refractivity contribution in [2.45, 2.75) is 13.8 Å². The van der Waals surface area contributed by atoms with E-state index in [9.17, 15) is 14.4 Å². The summed E-state index contributed by atoms with van der Waals surface area (Å²) in [6.45, 7) is 11.2. The second-order valence-electron chi connectivity index (χ2n) is 7.40. The van der Waals surface area contributed by atoms with E-state index in [1.54, 1.807) is 38.1 Å². The van der Waals surface area contributed by atoms with Crippen LogP contribution in [0.15, 0.2) is 66.5 Å². The van der Waals surface area contributed by atoms with Crippen LogP contribution in [0.25, 0.3) is 0 Å². The average Bonchev–Trinajstić information content (AvgIpc) is 2.80. The summed E-state index contributed by atoms with van der Waals surface area (Å²) >= 11 is 16.2. The summed E-state index contributed by atoms with van der Waals surface area (Å²) in [6, 6.07) is 6.76. The van der Waals surface area contributed by atoms with Crippen LogP contribution < -0.4 is 9.47 Å². The van der Waals surface area contributed by atoms with E-state index < -0.39 is 0 Å². The zero-order valence-corrected chi connectivity index (χ0v) is 27.4. The molecule has 0 fully saturated rings. The molecular formula is C25H22Br4O5S2. The Kier molecular flexibility index (Phi) is 13.0. The minimum atomic E-state index is -0.193. The number of thioether (sulfide) groups is 2. The Morgan fingerprint density at radius 2 is 1.00 bits per heavy atom. The van der Waals surface area contributed by atoms with Crippen LogP contribution >= 0.6 is 87.2 Å². The number of halogens is 4. The Morgan fingerprint density at radius 3 is 1.28 bits per heavy atom. The second kappa shape index (κ2) is 14.9. The van der Waals surface area contributed by atoms with E-state index >= 15 is 0 Å². The molecule has 0 bridgehead atoms. The van der Waals surface area contributed by atoms with E-state index in [2.05, 4.69) is 76.9 Å². The van der Waals surface area contributed by atoms with Gasteiger partial charge in [-0.15, -0.1) is 0 Å². The third-order valence-corrected chi connectivity index (χ3v) is 8.66. The Balaban J connectivity index is 2.08. The largest absolute Gasteiger partial charge is 0.490 e. The monoisotopic (exact) mass is 782 g/mol. The first-order chi connectivity index (χ1) is 16.9. The van der Waals surface area contributed by atoms with Gasteiger partial charge in [0.25, 0.3) is 0 Å². The van der Waals surface area contributed by atoms with Crippen LogP contribution in [0.1, 0.15) is 29.8 Å². The van der Waals surface area contributed by atoms with Crippen molar-refractivity contribution in [1.82, 2.24) is 0 Å². The van der Waals surface area contributed by atoms with Gasteiger partial charge in [0.1, 0.15) is 11.5 Å². The van der Waals surface area contributed by atoms with E-state index in [4.69, 9.17) is 9.47 Å². The van der Waals surface area contributed by atoms with Crippen LogP contribution in [-0.4, -0.2) is 40.7 Å². The normalized spacial score (nSPS) is 10.6. The Morgan fingerprint density at radius 1 is 0.694 bits per heavy atom. The van der Waals surface area contributed by atoms with Crippen LogP contribution in [0.2, 0.25) is 0 Å². The van der Waals surface area contributed by atoms with E-state index in [1.165, 1.54) is 0 Å². The van der Waals surface area contributed by atoms with Gasteiger partial charge in [-0.1, -0.05) is 36.7 Å². The predicted molar refractivity (Wildman–Crippen MR) is 163 cm³/mol. The molecule has 0 aromatic heterocycles. The van der Waals surface area contributed by atoms with Gasteiger partial charge in [-0.2, -0.15) is 0 Å². The summed E-state index contributed by atoms with van der Waals surface area (Å²) in [7, 11) is 0. The zero-order valence-electron chi connectivity index (χ0n) is 19.4. The molecule has 36 heavy (non-hydrogen) atoms. The highest BCUT2D eigenvalue weighted by Gasteiger charge is 2.19. The summed E-state index contributed by atoms with van der Waals surface area (Å²) in [5.41, 5.74) is 1.90. The van der Waals surface area contributed by atoms with Crippen molar-refractivity contribution < 1.29 is 23.9 Å². The fraction of sp³-hybridized carbons (Fsp3) is 0.240. The first kappa shape index (κ1) is 31.4. The fourth-order valence-electron chi connectivity index (χ4n) is 2.63. The minimum Gasteiger partial charge on any atom is -0.490 e. The topological polar surface area (TPSA) is 69.7 Å². The van der Waals surface area contributed by atoms with Crippen molar-refractivity contribution in [2.24, 2.45) is 0 Å². The molecule has 0 unspecified atom stereocenters. The number of rotatable bonds is 12. The molecule has 0 N–H and O–H groups in total. The highest BCUT2D eigenvalue weighted by molar-refractivity contribution is 9.11. The van der Waals surface area contributed by atoms with Gasteiger partial charge in [0.2, 0.25) is 10.2 Å². The third-order valence-electron chi connectivity index (χ3n) is 4.34. The Hall–Kier alpha value is -0.850. The van der Waals surface area contributed by atoms with Crippen LogP contribution in [0.4, 0.5) is 0 Å². The molecular weight excluding hydrogens is 764 g/mol. The number of ether oxygens (including phenoxy) is 2. The van der Waals surface area contributed by atoms with Crippen LogP contribution in [0, 0.1) is 0 Å². The second-order valence-corrected chi connectivity index (χ2v) is 12.9. The minimum absolute atomic E-state index is 0.0665. The van der Waals surface area contributed by atoms with Gasteiger partial charge >= 0.3 is 0 Å². The number of ketones is 1. The summed E-state index contributed by atoms with van der Waals surface area (Å²) in [4.78, 5) is 36.5. The lowest BCUT2D eigenvalue weighted by Gasteiger charge is -2.14. The molecule has 0 atom stereocenters. The van der Waals surface area contributed by atoms with Gasteiger partial charge in [0.15, 0.2) is 5.78 Å². The molecule has 0 aliphatic carbocycles. The molecule has 2 aromatic rings. The molecule has 2 rings (SSSR count). The molecule has 0 spiro atoms. The number of carbonyl (C=O) groups excluding carboxylic acids is 3. The van der Waals surface area contributed by atoms with E-state index in [1.807, 2.05) is 0 Å². The van der Waals surface area contributed by atoms with Crippen LogP contribution in [0.3, 0.4) is 0 Å². The highest BCUT2D eigenvalue weighted by Crippen LogP contribution is 2.38. The number of hydrogen-bond donors (Lipinski definition) is 0. The molecule has 0 saturated heterocycles. The maximum absolute atomic E-state index is 13.2. The Labute approximate surface area is 252 Å². The highest BCUT2D eigenvalue weighted by atomic mass is 79.9. The molecule has 0 aliphatic heterocycles. The summed E-state index contributed by atoms with van der Waals surface area (Å²) in [6.07, 6.45) is 0. The summed E-state index contributed by atoms with van der Waals surface area (Å²) < 4.78 is 14.0. The molecule has 5 nitrogen and oxygen atoms in total. The van der Waals surface area contributed by atoms with Crippen LogP contribution in [-0.2, 0) is 9.59 Å². The third kappa shape index (κ3) is 9.16.